The first kappa shape index (κ1) is 10.7. The Morgan fingerprint density at radius 2 is 2.50 bits per heavy atom. The molecule has 0 spiro atoms. The first-order valence-corrected chi connectivity index (χ1v) is 4.63. The molecular weight excluding hydrogens is 180 g/mol. The number of nitrogens with one attached hydrogen (secondary N) is 1. The minimum absolute atomic E-state index is 0.0266. The summed E-state index contributed by atoms with van der Waals surface area (Å²) in [5, 5.41) is 2.60. The first-order chi connectivity index (χ1) is 6.70. The summed E-state index contributed by atoms with van der Waals surface area (Å²) in [5.41, 5.74) is 6.45. The summed E-state index contributed by atoms with van der Waals surface area (Å²) in [6, 6.07) is -0.232. The van der Waals surface area contributed by atoms with Crippen molar-refractivity contribution in [2.45, 2.75) is 19.4 Å². The lowest BCUT2D eigenvalue weighted by molar-refractivity contribution is -0.123. The van der Waals surface area contributed by atoms with Crippen LogP contribution in [0.15, 0.2) is 12.5 Å². The standard InChI is InChI=1S/C9H16N4O/c1-7(9(14)11-2)13-6-12-5-8(13)3-4-10/h5-7H,3-4,10H2,1-2H3,(H,11,14). The van der Waals surface area contributed by atoms with Crippen LogP contribution in [-0.2, 0) is 11.2 Å². The molecule has 0 saturated carbocycles. The van der Waals surface area contributed by atoms with Gasteiger partial charge >= 0.3 is 0 Å². The number of amides is 1. The third-order valence-electron chi connectivity index (χ3n) is 2.19. The highest BCUT2D eigenvalue weighted by Crippen LogP contribution is 2.09. The number of carbonyl (C=O) groups excluding carboxylic acids is 1. The average molecular weight is 196 g/mol. The van der Waals surface area contributed by atoms with Crippen molar-refractivity contribution in [3.63, 3.8) is 0 Å². The van der Waals surface area contributed by atoms with Gasteiger partial charge in [-0.05, 0) is 13.5 Å². The lowest BCUT2D eigenvalue weighted by Crippen LogP contribution is -2.28. The zero-order chi connectivity index (χ0) is 10.6. The summed E-state index contributed by atoms with van der Waals surface area (Å²) >= 11 is 0. The zero-order valence-electron chi connectivity index (χ0n) is 8.53. The maximum atomic E-state index is 11.4. The molecule has 0 fully saturated rings. The minimum Gasteiger partial charge on any atom is -0.357 e. The fraction of sp³-hybridized carbons (Fsp3) is 0.556. The number of aromatic nitrogens is 2. The molecule has 1 aromatic heterocycles. The predicted octanol–water partition coefficient (Wildman–Crippen LogP) is -0.309. The van der Waals surface area contributed by atoms with Crippen molar-refractivity contribution in [1.82, 2.24) is 14.9 Å². The minimum atomic E-state index is -0.232. The Morgan fingerprint density at radius 3 is 3.07 bits per heavy atom. The molecule has 78 valence electrons. The summed E-state index contributed by atoms with van der Waals surface area (Å²) in [7, 11) is 1.62. The number of hydrogen-bond acceptors (Lipinski definition) is 3. The average Bonchev–Trinajstić information content (AvgIpc) is 2.64. The second kappa shape index (κ2) is 4.76. The van der Waals surface area contributed by atoms with E-state index in [2.05, 4.69) is 10.3 Å². The van der Waals surface area contributed by atoms with E-state index in [4.69, 9.17) is 5.73 Å². The van der Waals surface area contributed by atoms with E-state index in [1.165, 1.54) is 0 Å². The van der Waals surface area contributed by atoms with E-state index in [-0.39, 0.29) is 11.9 Å². The molecule has 3 N–H and O–H groups in total. The molecule has 1 aromatic rings. The SMILES string of the molecule is CNC(=O)C(C)n1cncc1CCN. The van der Waals surface area contributed by atoms with Gasteiger partial charge in [0.2, 0.25) is 5.91 Å². The van der Waals surface area contributed by atoms with Crippen LogP contribution >= 0.6 is 0 Å². The molecule has 5 nitrogen and oxygen atoms in total. The van der Waals surface area contributed by atoms with Crippen molar-refractivity contribution in [1.29, 1.82) is 0 Å². The fourth-order valence-corrected chi connectivity index (χ4v) is 1.36. The number of rotatable bonds is 4. The molecule has 14 heavy (non-hydrogen) atoms. The highest BCUT2D eigenvalue weighted by Gasteiger charge is 2.15. The molecule has 1 amide bonds. The topological polar surface area (TPSA) is 72.9 Å². The highest BCUT2D eigenvalue weighted by atomic mass is 16.2. The summed E-state index contributed by atoms with van der Waals surface area (Å²) in [6.07, 6.45) is 4.14. The number of carbonyl (C=O) groups is 1. The summed E-state index contributed by atoms with van der Waals surface area (Å²) in [5.74, 6) is -0.0266. The van der Waals surface area contributed by atoms with Crippen LogP contribution in [0.4, 0.5) is 0 Å². The Kier molecular flexibility index (Phi) is 3.64. The molecule has 1 heterocycles. The summed E-state index contributed by atoms with van der Waals surface area (Å²) in [4.78, 5) is 15.4. The zero-order valence-corrected chi connectivity index (χ0v) is 8.53. The quantitative estimate of drug-likeness (QED) is 0.694. The van der Waals surface area contributed by atoms with Gasteiger partial charge < -0.3 is 15.6 Å². The van der Waals surface area contributed by atoms with Crippen LogP contribution in [0.2, 0.25) is 0 Å². The van der Waals surface area contributed by atoms with Crippen LogP contribution < -0.4 is 11.1 Å². The van der Waals surface area contributed by atoms with Crippen LogP contribution in [0.1, 0.15) is 18.7 Å². The Morgan fingerprint density at radius 1 is 1.79 bits per heavy atom. The smallest absolute Gasteiger partial charge is 0.242 e. The molecule has 0 aliphatic heterocycles. The summed E-state index contributed by atoms with van der Waals surface area (Å²) < 4.78 is 1.84. The predicted molar refractivity (Wildman–Crippen MR) is 53.8 cm³/mol. The number of nitrogens with zero attached hydrogens (tertiary/aromatic N) is 2. The van der Waals surface area contributed by atoms with E-state index in [1.54, 1.807) is 19.6 Å². The molecule has 0 aromatic carbocycles. The molecule has 5 heteroatoms. The third kappa shape index (κ3) is 2.11. The van der Waals surface area contributed by atoms with Gasteiger partial charge in [0.15, 0.2) is 0 Å². The molecule has 1 unspecified atom stereocenters. The lowest BCUT2D eigenvalue weighted by Gasteiger charge is -2.14. The van der Waals surface area contributed by atoms with Crippen molar-refractivity contribution in [2.24, 2.45) is 5.73 Å². The van der Waals surface area contributed by atoms with Crippen LogP contribution in [0, 0.1) is 0 Å². The van der Waals surface area contributed by atoms with Crippen LogP contribution in [0.25, 0.3) is 0 Å². The normalized spacial score (nSPS) is 12.5. The molecule has 1 atom stereocenters. The van der Waals surface area contributed by atoms with Gasteiger partial charge in [0.05, 0.1) is 6.33 Å². The summed E-state index contributed by atoms with van der Waals surface area (Å²) in [6.45, 7) is 2.40. The van der Waals surface area contributed by atoms with Gasteiger partial charge in [-0.3, -0.25) is 4.79 Å². The van der Waals surface area contributed by atoms with E-state index in [0.717, 1.165) is 12.1 Å². The van der Waals surface area contributed by atoms with Gasteiger partial charge in [-0.2, -0.15) is 0 Å². The van der Waals surface area contributed by atoms with Crippen molar-refractivity contribution in [3.8, 4) is 0 Å². The van der Waals surface area contributed by atoms with Crippen LogP contribution in [0.5, 0.6) is 0 Å². The lowest BCUT2D eigenvalue weighted by atomic mass is 10.2. The van der Waals surface area contributed by atoms with Gasteiger partial charge in [0, 0.05) is 25.4 Å². The number of imidazole rings is 1. The third-order valence-corrected chi connectivity index (χ3v) is 2.19. The maximum absolute atomic E-state index is 11.4. The van der Waals surface area contributed by atoms with Crippen molar-refractivity contribution in [2.75, 3.05) is 13.6 Å². The van der Waals surface area contributed by atoms with E-state index in [1.807, 2.05) is 11.5 Å². The van der Waals surface area contributed by atoms with Crippen molar-refractivity contribution >= 4 is 5.91 Å². The molecule has 0 aliphatic carbocycles. The molecular formula is C9H16N4O. The van der Waals surface area contributed by atoms with Crippen LogP contribution in [0.3, 0.4) is 0 Å². The second-order valence-corrected chi connectivity index (χ2v) is 3.12. The van der Waals surface area contributed by atoms with Gasteiger partial charge in [-0.15, -0.1) is 0 Å². The molecule has 0 radical (unpaired) electrons. The van der Waals surface area contributed by atoms with Crippen LogP contribution in [-0.4, -0.2) is 29.1 Å². The first-order valence-electron chi connectivity index (χ1n) is 4.63. The largest absolute Gasteiger partial charge is 0.357 e. The van der Waals surface area contributed by atoms with E-state index < -0.39 is 0 Å². The van der Waals surface area contributed by atoms with Gasteiger partial charge in [0.1, 0.15) is 6.04 Å². The monoisotopic (exact) mass is 196 g/mol. The Bertz CT molecular complexity index is 308. The molecule has 0 aliphatic rings. The van der Waals surface area contributed by atoms with E-state index >= 15 is 0 Å². The molecule has 0 bridgehead atoms. The second-order valence-electron chi connectivity index (χ2n) is 3.12. The van der Waals surface area contributed by atoms with Gasteiger partial charge in [-0.1, -0.05) is 0 Å². The highest BCUT2D eigenvalue weighted by molar-refractivity contribution is 5.79. The van der Waals surface area contributed by atoms with Gasteiger partial charge in [-0.25, -0.2) is 4.98 Å². The Labute approximate surface area is 83.3 Å². The maximum Gasteiger partial charge on any atom is 0.242 e. The Balaban J connectivity index is 2.83. The van der Waals surface area contributed by atoms with Gasteiger partial charge in [0.25, 0.3) is 0 Å². The van der Waals surface area contributed by atoms with Crippen molar-refractivity contribution < 1.29 is 4.79 Å². The molecule has 1 rings (SSSR count). The van der Waals surface area contributed by atoms with E-state index in [9.17, 15) is 4.79 Å². The van der Waals surface area contributed by atoms with E-state index in [0.29, 0.717) is 6.54 Å². The number of likely N-dealkylation sites (N-methyl/N-ethyl adjacent to an activating group) is 1. The molecule has 0 saturated heterocycles. The fourth-order valence-electron chi connectivity index (χ4n) is 1.36. The van der Waals surface area contributed by atoms with Crippen molar-refractivity contribution in [3.05, 3.63) is 18.2 Å². The Hall–Kier alpha value is -1.36. The number of hydrogen-bond donors (Lipinski definition) is 2. The number of nitrogens with two attached hydrogens (primary N) is 1.